The number of aliphatic hydroxyl groups excluding tert-OH is 8. The Morgan fingerprint density at radius 3 is 0.392 bits per heavy atom. The molecular weight excluding hydrogens is 1860 g/mol. The predicted molar refractivity (Wildman–Crippen MR) is 507 cm³/mol. The summed E-state index contributed by atoms with van der Waals surface area (Å²) < 4.78 is 0. The molecule has 0 bridgehead atoms. The second-order valence-corrected chi connectivity index (χ2v) is 31.3. The Bertz CT molecular complexity index is 2690. The molecule has 0 saturated carbocycles. The zero-order valence-electron chi connectivity index (χ0n) is 81.7. The Labute approximate surface area is 790 Å². The van der Waals surface area contributed by atoms with Crippen molar-refractivity contribution in [3.63, 3.8) is 0 Å². The van der Waals surface area contributed by atoms with Crippen molar-refractivity contribution in [3.8, 4) is 0 Å². The average molecular weight is 2040 g/mol. The second-order valence-electron chi connectivity index (χ2n) is 31.3. The Morgan fingerprint density at radius 2 is 0.333 bits per heavy atom. The quantitative estimate of drug-likeness (QED) is 0.0296. The molecule has 4 aliphatic carbocycles. The summed E-state index contributed by atoms with van der Waals surface area (Å²) in [5.41, 5.74) is -1.29. The van der Waals surface area contributed by atoms with Gasteiger partial charge in [-0.1, -0.05) is 236 Å². The molecule has 0 heterocycles. The normalized spacial score (nSPS) is 14.5. The molecule has 704 valence electrons. The molecule has 0 aromatic carbocycles. The third-order valence-electron chi connectivity index (χ3n) is 13.5. The minimum atomic E-state index is -0.329. The summed E-state index contributed by atoms with van der Waals surface area (Å²) in [6.07, 6.45) is 66.0. The van der Waals surface area contributed by atoms with Gasteiger partial charge < -0.3 is 100 Å². The zero-order valence-corrected chi connectivity index (χ0v) is 88.7. The van der Waals surface area contributed by atoms with E-state index in [-0.39, 0.29) is 275 Å². The first-order chi connectivity index (χ1) is 49.5. The molecule has 0 spiro atoms. The maximum absolute atomic E-state index is 11.2. The molecule has 0 aromatic heterocycles. The molecule has 0 radical (unpaired) electrons. The van der Waals surface area contributed by atoms with Gasteiger partial charge in [-0.2, -0.15) is 0 Å². The third kappa shape index (κ3) is 144. The summed E-state index contributed by atoms with van der Waals surface area (Å²) in [5, 5.41) is 71.9. The van der Waals surface area contributed by atoms with Crippen molar-refractivity contribution >= 4 is 46.3 Å². The van der Waals surface area contributed by atoms with Gasteiger partial charge in [0.15, 0.2) is 46.3 Å². The number of aliphatic hydroxyl groups is 8. The molecule has 0 aromatic rings. The summed E-state index contributed by atoms with van der Waals surface area (Å²) in [6.45, 7) is 48.2. The molecule has 0 amide bonds. The number of carbonyl (C=O) groups is 8. The van der Waals surface area contributed by atoms with Crippen LogP contribution in [0.5, 0.6) is 0 Å². The molecule has 16 nitrogen and oxygen atoms in total. The number of carbonyl (C=O) groups excluding carboxylic acids is 8. The standard InChI is InChI=1S/2C10H18O2.2C8H14O2.4C8H12.2C7H12O2.2C5H8O2.8CH3.4Ru/c2*1-7(2)8(11)6-9(12)10(3,4)5;2*1-6(9)5-7(10)8(2,3)4;4*1-2-4-6-8-7-5-3-1;2*1-5(2)7(9)4-6(3)8;2*1-4(6)3-5(2)7;;;;;;;;;;;;/h2*6-7,12H,1-5H3;2*5,10H,1-4H3;4*1-2,7-8H,3-6H2;2*4-5,9H,1-3H3;2*3,6H,1-2H3;8*1H3;;;;/q;;;;;;;;;;;;8*-1;4*+2/b;;;;4*2-1-,8-7?;;;;;;;;;;;;;;;;. The van der Waals surface area contributed by atoms with Gasteiger partial charge in [0.05, 0.1) is 23.0 Å². The van der Waals surface area contributed by atoms with Crippen LogP contribution >= 0.6 is 0 Å². The van der Waals surface area contributed by atoms with E-state index in [2.05, 4.69) is 97.2 Å². The molecule has 8 N–H and O–H groups in total. The summed E-state index contributed by atoms with van der Waals surface area (Å²) in [7, 11) is 0. The Kier molecular flexibility index (Phi) is 140. The van der Waals surface area contributed by atoms with E-state index in [9.17, 15) is 58.8 Å². The molecule has 4 rings (SSSR count). The first-order valence-electron chi connectivity index (χ1n) is 38.0. The molecular formula is C100H176O16Ru4. The van der Waals surface area contributed by atoms with Crippen LogP contribution in [0.25, 0.3) is 0 Å². The van der Waals surface area contributed by atoms with E-state index in [1.807, 2.05) is 138 Å². The summed E-state index contributed by atoms with van der Waals surface area (Å²) in [6, 6.07) is 0. The van der Waals surface area contributed by atoms with Crippen LogP contribution in [0.4, 0.5) is 0 Å². The fourth-order valence-electron chi connectivity index (χ4n) is 6.62. The van der Waals surface area contributed by atoms with Gasteiger partial charge in [-0.25, -0.2) is 0 Å². The van der Waals surface area contributed by atoms with Crippen LogP contribution in [0.15, 0.2) is 192 Å². The Morgan fingerprint density at radius 1 is 0.217 bits per heavy atom. The molecule has 0 fully saturated rings. The SMILES string of the molecule is C1=CCC/C=C\CC1.C1=CCC/C=C\CC1.C1=CCC/C=C\CC1.C1=CCC/C=C\CC1.CC(=O)C=C(C)O.CC(=O)C=C(C)O.CC(=O)C=C(O)C(C)(C)C.CC(=O)C=C(O)C(C)(C)C.CC(=O)C=C(O)C(C)C.CC(=O)C=C(O)C(C)C.CC(C)C(=O)C=C(O)C(C)(C)C.CC(C)C(=O)C=C(O)C(C)(C)C.[CH3-].[CH3-].[CH3-].[CH3-].[CH3-].[CH3-].[CH3-].[CH3-].[Ru+2].[Ru+2].[Ru+2].[Ru+2]. The topological polar surface area (TPSA) is 298 Å². The Balaban J connectivity index is -0.0000000502. The van der Waals surface area contributed by atoms with Crippen LogP contribution in [-0.2, 0) is 116 Å². The molecule has 0 atom stereocenters. The molecule has 0 unspecified atom stereocenters. The summed E-state index contributed by atoms with van der Waals surface area (Å²) in [4.78, 5) is 83.9. The largest absolute Gasteiger partial charge is 2.00 e. The number of hydrogen-bond donors (Lipinski definition) is 8. The number of allylic oxidation sites excluding steroid dienone is 32. The van der Waals surface area contributed by atoms with Crippen LogP contribution in [-0.4, -0.2) is 87.1 Å². The van der Waals surface area contributed by atoms with Crippen LogP contribution in [0, 0.1) is 105 Å². The van der Waals surface area contributed by atoms with E-state index in [1.54, 1.807) is 0 Å². The smallest absolute Gasteiger partial charge is 0.512 e. The molecule has 0 aliphatic heterocycles. The van der Waals surface area contributed by atoms with E-state index in [4.69, 9.17) is 20.4 Å². The fraction of sp³-hybridized carbons (Fsp3) is 0.520. The van der Waals surface area contributed by atoms with E-state index >= 15 is 0 Å². The van der Waals surface area contributed by atoms with Gasteiger partial charge in [-0.15, -0.1) is 0 Å². The van der Waals surface area contributed by atoms with Gasteiger partial charge in [0, 0.05) is 93.9 Å². The van der Waals surface area contributed by atoms with Crippen LogP contribution in [0.3, 0.4) is 0 Å². The van der Waals surface area contributed by atoms with E-state index in [1.165, 1.54) is 207 Å². The monoisotopic (exact) mass is 2040 g/mol. The van der Waals surface area contributed by atoms with Crippen molar-refractivity contribution in [1.29, 1.82) is 0 Å². The van der Waals surface area contributed by atoms with Crippen LogP contribution < -0.4 is 0 Å². The minimum absolute atomic E-state index is 0. The summed E-state index contributed by atoms with van der Waals surface area (Å²) >= 11 is 0. The first kappa shape index (κ1) is 165. The van der Waals surface area contributed by atoms with E-state index in [0.29, 0.717) is 0 Å². The van der Waals surface area contributed by atoms with Gasteiger partial charge in [-0.3, -0.25) is 38.4 Å². The second kappa shape index (κ2) is 102. The van der Waals surface area contributed by atoms with Crippen molar-refractivity contribution in [3.05, 3.63) is 251 Å². The fourth-order valence-corrected chi connectivity index (χ4v) is 6.62. The van der Waals surface area contributed by atoms with Crippen molar-refractivity contribution in [1.82, 2.24) is 0 Å². The zero-order chi connectivity index (χ0) is 85.8. The molecule has 0 saturated heterocycles. The van der Waals surface area contributed by atoms with Gasteiger partial charge in [0.1, 0.15) is 23.0 Å². The molecule has 4 aliphatic rings. The average Bonchev–Trinajstić information content (AvgIpc) is 0.912. The maximum Gasteiger partial charge on any atom is 2.00 e. The van der Waals surface area contributed by atoms with Crippen LogP contribution in [0.1, 0.15) is 297 Å². The molecule has 120 heavy (non-hydrogen) atoms. The van der Waals surface area contributed by atoms with Crippen molar-refractivity contribution in [2.45, 2.75) is 297 Å². The third-order valence-corrected chi connectivity index (χ3v) is 13.5. The van der Waals surface area contributed by atoms with E-state index in [0.717, 1.165) is 0 Å². The van der Waals surface area contributed by atoms with Gasteiger partial charge >= 0.3 is 77.9 Å². The Hall–Kier alpha value is -5.91. The van der Waals surface area contributed by atoms with Crippen molar-refractivity contribution in [2.24, 2.45) is 45.3 Å². The first-order valence-corrected chi connectivity index (χ1v) is 38.0. The predicted octanol–water partition coefficient (Wildman–Crippen LogP) is 29.2. The van der Waals surface area contributed by atoms with Crippen molar-refractivity contribution < 1.29 is 157 Å². The van der Waals surface area contributed by atoms with E-state index < -0.39 is 0 Å². The van der Waals surface area contributed by atoms with Crippen LogP contribution in [0.2, 0.25) is 0 Å². The van der Waals surface area contributed by atoms with Gasteiger partial charge in [0.2, 0.25) is 0 Å². The van der Waals surface area contributed by atoms with Crippen molar-refractivity contribution in [2.75, 3.05) is 0 Å². The number of hydrogen-bond acceptors (Lipinski definition) is 16. The minimum Gasteiger partial charge on any atom is -0.512 e. The maximum atomic E-state index is 11.2. The van der Waals surface area contributed by atoms with Gasteiger partial charge in [-0.05, 0) is 158 Å². The number of rotatable bonds is 12. The summed E-state index contributed by atoms with van der Waals surface area (Å²) in [5.74, 6) is 0.270. The number of ketones is 8. The molecule has 20 heteroatoms. The van der Waals surface area contributed by atoms with Gasteiger partial charge in [0.25, 0.3) is 0 Å².